The van der Waals surface area contributed by atoms with Gasteiger partial charge in [-0.15, -0.1) is 0 Å². The van der Waals surface area contributed by atoms with Gasteiger partial charge in [0.15, 0.2) is 0 Å². The summed E-state index contributed by atoms with van der Waals surface area (Å²) in [5.74, 6) is -0.932. The summed E-state index contributed by atoms with van der Waals surface area (Å²) in [4.78, 5) is 7.94. The van der Waals surface area contributed by atoms with Gasteiger partial charge in [-0.05, 0) is 30.2 Å². The molecule has 4 aromatic rings. The van der Waals surface area contributed by atoms with Crippen LogP contribution in [0.1, 0.15) is 17.2 Å². The molecule has 0 fully saturated rings. The van der Waals surface area contributed by atoms with Crippen molar-refractivity contribution in [2.75, 3.05) is 5.73 Å². The monoisotopic (exact) mass is 453 g/mol. The molecular formula is C25H19F4N3O. The van der Waals surface area contributed by atoms with Crippen LogP contribution in [-0.4, -0.2) is 16.1 Å². The molecule has 8 heteroatoms. The van der Waals surface area contributed by atoms with Gasteiger partial charge in [0.2, 0.25) is 17.9 Å². The van der Waals surface area contributed by atoms with Crippen LogP contribution in [0.3, 0.4) is 0 Å². The molecule has 4 rings (SSSR count). The van der Waals surface area contributed by atoms with Crippen molar-refractivity contribution in [3.05, 3.63) is 95.8 Å². The summed E-state index contributed by atoms with van der Waals surface area (Å²) in [7, 11) is 0. The minimum Gasteiger partial charge on any atom is -0.460 e. The smallest absolute Gasteiger partial charge is 0.429 e. The number of aryl methyl sites for hydroxylation is 1. The van der Waals surface area contributed by atoms with Gasteiger partial charge < -0.3 is 10.5 Å². The van der Waals surface area contributed by atoms with Gasteiger partial charge in [-0.25, -0.2) is 9.37 Å². The van der Waals surface area contributed by atoms with Crippen LogP contribution in [0, 0.1) is 12.7 Å². The van der Waals surface area contributed by atoms with Crippen molar-refractivity contribution in [3.8, 4) is 28.3 Å². The third-order valence-electron chi connectivity index (χ3n) is 4.97. The second kappa shape index (κ2) is 8.90. The highest BCUT2D eigenvalue weighted by atomic mass is 19.4. The molecule has 0 spiro atoms. The van der Waals surface area contributed by atoms with Gasteiger partial charge in [-0.3, -0.25) is 0 Å². The van der Waals surface area contributed by atoms with Gasteiger partial charge in [0.25, 0.3) is 0 Å². The molecule has 168 valence electrons. The van der Waals surface area contributed by atoms with Crippen molar-refractivity contribution >= 4 is 5.95 Å². The van der Waals surface area contributed by atoms with Gasteiger partial charge in [0.05, 0.1) is 5.69 Å². The van der Waals surface area contributed by atoms with Crippen molar-refractivity contribution in [1.29, 1.82) is 0 Å². The molecule has 1 unspecified atom stereocenters. The summed E-state index contributed by atoms with van der Waals surface area (Å²) < 4.78 is 60.4. The quantitative estimate of drug-likeness (QED) is 0.349. The SMILES string of the molecule is Cc1ccc(-c2cc(OC(c3ccc(-c4cccc(F)c4)cc3)C(F)(F)F)nc(N)n2)cc1. The maximum atomic E-state index is 13.9. The summed E-state index contributed by atoms with van der Waals surface area (Å²) in [6.45, 7) is 1.92. The highest BCUT2D eigenvalue weighted by Crippen LogP contribution is 2.38. The summed E-state index contributed by atoms with van der Waals surface area (Å²) in [5, 5.41) is 0. The number of anilines is 1. The molecular weight excluding hydrogens is 434 g/mol. The third-order valence-corrected chi connectivity index (χ3v) is 4.97. The molecule has 0 aliphatic carbocycles. The van der Waals surface area contributed by atoms with Crippen LogP contribution < -0.4 is 10.5 Å². The zero-order valence-electron chi connectivity index (χ0n) is 17.5. The van der Waals surface area contributed by atoms with Crippen molar-refractivity contribution in [3.63, 3.8) is 0 Å². The standard InChI is InChI=1S/C25H19F4N3O/c1-15-5-7-17(8-6-15)21-14-22(32-24(30)31-21)33-23(25(27,28)29)18-11-9-16(10-12-18)19-3-2-4-20(26)13-19/h2-14,23H,1H3,(H2,30,31,32). The zero-order chi connectivity index (χ0) is 23.6. The van der Waals surface area contributed by atoms with Gasteiger partial charge >= 0.3 is 6.18 Å². The number of hydrogen-bond donors (Lipinski definition) is 1. The number of nitrogens with zero attached hydrogens (tertiary/aromatic N) is 2. The number of nitrogens with two attached hydrogens (primary N) is 1. The Morgan fingerprint density at radius 3 is 2.12 bits per heavy atom. The van der Waals surface area contributed by atoms with Crippen molar-refractivity contribution in [2.45, 2.75) is 19.2 Å². The minimum absolute atomic E-state index is 0.128. The van der Waals surface area contributed by atoms with Gasteiger partial charge in [0.1, 0.15) is 5.82 Å². The van der Waals surface area contributed by atoms with E-state index in [0.29, 0.717) is 22.4 Å². The molecule has 0 saturated heterocycles. The second-order valence-corrected chi connectivity index (χ2v) is 7.49. The Bertz CT molecular complexity index is 1260. The van der Waals surface area contributed by atoms with E-state index in [1.54, 1.807) is 18.2 Å². The Morgan fingerprint density at radius 2 is 1.48 bits per heavy atom. The topological polar surface area (TPSA) is 61.0 Å². The molecule has 0 amide bonds. The molecule has 1 heterocycles. The van der Waals surface area contributed by atoms with E-state index >= 15 is 0 Å². The predicted molar refractivity (Wildman–Crippen MR) is 118 cm³/mol. The molecule has 0 bridgehead atoms. The van der Waals surface area contributed by atoms with Gasteiger partial charge in [-0.2, -0.15) is 18.2 Å². The third kappa shape index (κ3) is 5.28. The fourth-order valence-electron chi connectivity index (χ4n) is 3.34. The fourth-order valence-corrected chi connectivity index (χ4v) is 3.34. The number of alkyl halides is 3. The van der Waals surface area contributed by atoms with Gasteiger partial charge in [0, 0.05) is 17.2 Å². The number of hydrogen-bond acceptors (Lipinski definition) is 4. The van der Waals surface area contributed by atoms with E-state index in [1.165, 1.54) is 48.5 Å². The largest absolute Gasteiger partial charge is 0.460 e. The van der Waals surface area contributed by atoms with E-state index in [1.807, 2.05) is 19.1 Å². The summed E-state index contributed by atoms with van der Waals surface area (Å²) >= 11 is 0. The first kappa shape index (κ1) is 22.3. The minimum atomic E-state index is -4.72. The Hall–Kier alpha value is -3.94. The Balaban J connectivity index is 1.65. The van der Waals surface area contributed by atoms with Crippen LogP contribution in [0.5, 0.6) is 5.88 Å². The van der Waals surface area contributed by atoms with E-state index in [-0.39, 0.29) is 17.4 Å². The van der Waals surface area contributed by atoms with Crippen LogP contribution in [0.4, 0.5) is 23.5 Å². The number of ether oxygens (including phenoxy) is 1. The first-order valence-electron chi connectivity index (χ1n) is 10.00. The van der Waals surface area contributed by atoms with E-state index in [4.69, 9.17) is 10.5 Å². The summed E-state index contributed by atoms with van der Waals surface area (Å²) in [6.07, 6.45) is -7.00. The number of halogens is 4. The van der Waals surface area contributed by atoms with Crippen LogP contribution >= 0.6 is 0 Å². The summed E-state index contributed by atoms with van der Waals surface area (Å²) in [6, 6.07) is 20.0. The maximum Gasteiger partial charge on any atom is 0.429 e. The lowest BCUT2D eigenvalue weighted by Crippen LogP contribution is -2.26. The lowest BCUT2D eigenvalue weighted by atomic mass is 10.0. The molecule has 1 aromatic heterocycles. The van der Waals surface area contributed by atoms with E-state index in [9.17, 15) is 17.6 Å². The molecule has 1 atom stereocenters. The second-order valence-electron chi connectivity index (χ2n) is 7.49. The lowest BCUT2D eigenvalue weighted by molar-refractivity contribution is -0.198. The molecule has 2 N–H and O–H groups in total. The molecule has 0 saturated carbocycles. The maximum absolute atomic E-state index is 13.9. The van der Waals surface area contributed by atoms with E-state index in [2.05, 4.69) is 9.97 Å². The number of benzene rings is 3. The Labute approximate surface area is 187 Å². The molecule has 4 nitrogen and oxygen atoms in total. The number of rotatable bonds is 5. The molecule has 0 aliphatic rings. The van der Waals surface area contributed by atoms with Crippen molar-refractivity contribution in [2.24, 2.45) is 0 Å². The summed E-state index contributed by atoms with van der Waals surface area (Å²) in [5.41, 5.74) is 8.77. The normalized spacial score (nSPS) is 12.4. The van der Waals surface area contributed by atoms with Crippen molar-refractivity contribution < 1.29 is 22.3 Å². The number of nitrogen functional groups attached to an aromatic ring is 1. The van der Waals surface area contributed by atoms with Crippen LogP contribution in [-0.2, 0) is 0 Å². The van der Waals surface area contributed by atoms with Crippen LogP contribution in [0.15, 0.2) is 78.9 Å². The fraction of sp³-hybridized carbons (Fsp3) is 0.120. The lowest BCUT2D eigenvalue weighted by Gasteiger charge is -2.22. The number of aromatic nitrogens is 2. The van der Waals surface area contributed by atoms with Crippen LogP contribution in [0.25, 0.3) is 22.4 Å². The molecule has 33 heavy (non-hydrogen) atoms. The Morgan fingerprint density at radius 1 is 0.818 bits per heavy atom. The van der Waals surface area contributed by atoms with Crippen LogP contribution in [0.2, 0.25) is 0 Å². The molecule has 3 aromatic carbocycles. The predicted octanol–water partition coefficient (Wildman–Crippen LogP) is 6.52. The van der Waals surface area contributed by atoms with Crippen molar-refractivity contribution in [1.82, 2.24) is 9.97 Å². The average molecular weight is 453 g/mol. The highest BCUT2D eigenvalue weighted by molar-refractivity contribution is 5.64. The Kier molecular flexibility index (Phi) is 6.00. The molecule has 0 aliphatic heterocycles. The molecule has 0 radical (unpaired) electrons. The van der Waals surface area contributed by atoms with Gasteiger partial charge in [-0.1, -0.05) is 66.2 Å². The average Bonchev–Trinajstić information content (AvgIpc) is 2.77. The highest BCUT2D eigenvalue weighted by Gasteiger charge is 2.43. The zero-order valence-corrected chi connectivity index (χ0v) is 17.5. The van der Waals surface area contributed by atoms with E-state index in [0.717, 1.165) is 5.56 Å². The first-order chi connectivity index (χ1) is 15.7. The van der Waals surface area contributed by atoms with E-state index < -0.39 is 18.1 Å². The first-order valence-corrected chi connectivity index (χ1v) is 10.00.